The van der Waals surface area contributed by atoms with Gasteiger partial charge in [-0.2, -0.15) is 0 Å². The van der Waals surface area contributed by atoms with Gasteiger partial charge in [0.05, 0.1) is 14.2 Å². The van der Waals surface area contributed by atoms with E-state index in [1.54, 1.807) is 32.4 Å². The molecule has 8 heteroatoms. The molecule has 6 nitrogen and oxygen atoms in total. The molecule has 0 aliphatic carbocycles. The molecule has 0 radical (unpaired) electrons. The van der Waals surface area contributed by atoms with Crippen molar-refractivity contribution in [2.24, 2.45) is 0 Å². The second-order valence-corrected chi connectivity index (χ2v) is 23.4. The number of hydrogen-bond acceptors (Lipinski definition) is 6. The number of carbonyl (C=O) groups excluding carboxylic acids is 1. The first-order valence-corrected chi connectivity index (χ1v) is 23.5. The highest BCUT2D eigenvalue weighted by Gasteiger charge is 2.32. The van der Waals surface area contributed by atoms with Crippen molar-refractivity contribution in [2.45, 2.75) is 90.1 Å². The van der Waals surface area contributed by atoms with Gasteiger partial charge < -0.3 is 23.1 Å². The highest BCUT2D eigenvalue weighted by atomic mass is 28.4. The maximum atomic E-state index is 12.7. The Morgan fingerprint density at radius 3 is 1.73 bits per heavy atom. The number of aryl methyl sites for hydroxylation is 3. The van der Waals surface area contributed by atoms with Gasteiger partial charge in [0, 0.05) is 5.41 Å². The summed E-state index contributed by atoms with van der Waals surface area (Å²) in [6.07, 6.45) is 3.27. The van der Waals surface area contributed by atoms with Crippen molar-refractivity contribution in [1.29, 1.82) is 0 Å². The first kappa shape index (κ1) is 38.0. The zero-order valence-electron chi connectivity index (χ0n) is 30.9. The molecular weight excluding hydrogens is 645 g/mol. The van der Waals surface area contributed by atoms with Gasteiger partial charge in [-0.15, -0.1) is 0 Å². The Morgan fingerprint density at radius 1 is 0.633 bits per heavy atom. The summed E-state index contributed by atoms with van der Waals surface area (Å²) in [6, 6.07) is 32.3. The molecule has 0 saturated carbocycles. The Morgan fingerprint density at radius 2 is 1.16 bits per heavy atom. The Bertz CT molecular complexity index is 1670. The number of benzene rings is 4. The van der Waals surface area contributed by atoms with Gasteiger partial charge in [-0.3, -0.25) is 0 Å². The van der Waals surface area contributed by atoms with Gasteiger partial charge in [-0.05, 0) is 129 Å². The average Bonchev–Trinajstić information content (AvgIpc) is 3.06. The van der Waals surface area contributed by atoms with Gasteiger partial charge in [-0.1, -0.05) is 74.5 Å². The minimum atomic E-state index is -1.84. The number of hydrogen-bond donors (Lipinski definition) is 0. The van der Waals surface area contributed by atoms with Crippen LogP contribution >= 0.6 is 0 Å². The lowest BCUT2D eigenvalue weighted by molar-refractivity contribution is 0.150. The monoisotopic (exact) mass is 698 g/mol. The summed E-state index contributed by atoms with van der Waals surface area (Å²) < 4.78 is 29.1. The predicted molar refractivity (Wildman–Crippen MR) is 205 cm³/mol. The fourth-order valence-electron chi connectivity index (χ4n) is 6.43. The molecule has 0 saturated heterocycles. The third-order valence-corrected chi connectivity index (χ3v) is 16.7. The summed E-state index contributed by atoms with van der Waals surface area (Å²) in [5.41, 5.74) is 5.77. The van der Waals surface area contributed by atoms with Gasteiger partial charge in [-0.25, -0.2) is 4.79 Å². The molecule has 0 aliphatic rings. The standard InChI is InChI=1S/C41H54O6Si2/c1-31-19-20-32(29-38(31)43-4)15-13-27-48(6,7)47-49(8,9)28-14-16-33-21-26-37(39(30-33)44-5)46-40(42)45-36-24-22-35(23-25-36)41(2,3)34-17-11-10-12-18-34/h10-12,17-26,29-30H,13-16,27-28H2,1-9H3. The molecule has 0 spiro atoms. The Kier molecular flexibility index (Phi) is 12.9. The second-order valence-electron chi connectivity index (χ2n) is 14.6. The summed E-state index contributed by atoms with van der Waals surface area (Å²) in [5.74, 6) is 2.21. The predicted octanol–water partition coefficient (Wildman–Crippen LogP) is 10.9. The lowest BCUT2D eigenvalue weighted by atomic mass is 9.78. The largest absolute Gasteiger partial charge is 0.519 e. The lowest BCUT2D eigenvalue weighted by Crippen LogP contribution is -2.44. The summed E-state index contributed by atoms with van der Waals surface area (Å²) in [4.78, 5) is 12.7. The van der Waals surface area contributed by atoms with Gasteiger partial charge in [0.15, 0.2) is 28.1 Å². The Labute approximate surface area is 296 Å². The van der Waals surface area contributed by atoms with Crippen molar-refractivity contribution in [3.05, 3.63) is 119 Å². The van der Waals surface area contributed by atoms with E-state index >= 15 is 0 Å². The molecule has 49 heavy (non-hydrogen) atoms. The molecular formula is C41H54O6Si2. The minimum Gasteiger partial charge on any atom is -0.496 e. The molecule has 4 rings (SSSR count). The molecule has 0 aromatic heterocycles. The van der Waals surface area contributed by atoms with Gasteiger partial charge in [0.2, 0.25) is 0 Å². The van der Waals surface area contributed by atoms with E-state index in [1.807, 2.05) is 42.5 Å². The highest BCUT2D eigenvalue weighted by molar-refractivity contribution is 6.84. The van der Waals surface area contributed by atoms with Crippen molar-refractivity contribution in [3.8, 4) is 23.0 Å². The fraction of sp³-hybridized carbons (Fsp3) is 0.390. The minimum absolute atomic E-state index is 0.184. The molecule has 0 atom stereocenters. The van der Waals surface area contributed by atoms with E-state index in [2.05, 4.69) is 77.3 Å². The van der Waals surface area contributed by atoms with Crippen LogP contribution in [-0.4, -0.2) is 37.0 Å². The first-order chi connectivity index (χ1) is 23.2. The molecule has 4 aromatic carbocycles. The molecule has 0 heterocycles. The molecule has 262 valence electrons. The van der Waals surface area contributed by atoms with Crippen LogP contribution in [0.5, 0.6) is 23.0 Å². The zero-order valence-corrected chi connectivity index (χ0v) is 32.9. The van der Waals surface area contributed by atoms with Crippen molar-refractivity contribution in [1.82, 2.24) is 0 Å². The summed E-state index contributed by atoms with van der Waals surface area (Å²) in [6.45, 7) is 15.8. The third-order valence-electron chi connectivity index (χ3n) is 9.21. The zero-order chi connectivity index (χ0) is 35.7. The number of carbonyl (C=O) groups is 1. The quantitative estimate of drug-likeness (QED) is 0.0659. The van der Waals surface area contributed by atoms with E-state index in [1.165, 1.54) is 16.7 Å². The van der Waals surface area contributed by atoms with Crippen LogP contribution in [0.4, 0.5) is 4.79 Å². The van der Waals surface area contributed by atoms with Crippen molar-refractivity contribution < 1.29 is 27.9 Å². The molecule has 0 unspecified atom stereocenters. The van der Waals surface area contributed by atoms with Crippen LogP contribution in [0, 0.1) is 6.92 Å². The van der Waals surface area contributed by atoms with Crippen LogP contribution in [0.3, 0.4) is 0 Å². The molecule has 0 amide bonds. The Hall–Kier alpha value is -3.86. The van der Waals surface area contributed by atoms with Crippen molar-refractivity contribution >= 4 is 22.8 Å². The number of methoxy groups -OCH3 is 2. The second kappa shape index (κ2) is 16.7. The van der Waals surface area contributed by atoms with E-state index in [-0.39, 0.29) is 5.41 Å². The van der Waals surface area contributed by atoms with Crippen LogP contribution in [0.25, 0.3) is 0 Å². The summed E-state index contributed by atoms with van der Waals surface area (Å²) >= 11 is 0. The van der Waals surface area contributed by atoms with E-state index in [0.29, 0.717) is 17.2 Å². The maximum Gasteiger partial charge on any atom is 0.519 e. The molecule has 0 fully saturated rings. The highest BCUT2D eigenvalue weighted by Crippen LogP contribution is 2.33. The van der Waals surface area contributed by atoms with Crippen LogP contribution in [0.2, 0.25) is 38.3 Å². The first-order valence-electron chi connectivity index (χ1n) is 17.3. The van der Waals surface area contributed by atoms with Crippen LogP contribution in [0.15, 0.2) is 91.0 Å². The van der Waals surface area contributed by atoms with E-state index in [4.69, 9.17) is 23.1 Å². The molecule has 0 bridgehead atoms. The van der Waals surface area contributed by atoms with Crippen LogP contribution in [-0.2, 0) is 22.4 Å². The molecule has 4 aromatic rings. The summed E-state index contributed by atoms with van der Waals surface area (Å²) in [5, 5.41) is 0. The Balaban J connectivity index is 1.24. The topological polar surface area (TPSA) is 63.2 Å². The summed E-state index contributed by atoms with van der Waals surface area (Å²) in [7, 11) is -0.327. The van der Waals surface area contributed by atoms with Crippen LogP contribution in [0.1, 0.15) is 54.5 Å². The van der Waals surface area contributed by atoms with Crippen molar-refractivity contribution in [3.63, 3.8) is 0 Å². The smallest absolute Gasteiger partial charge is 0.496 e. The maximum absolute atomic E-state index is 12.7. The van der Waals surface area contributed by atoms with E-state index in [9.17, 15) is 4.79 Å². The number of rotatable bonds is 16. The molecule has 0 N–H and O–H groups in total. The fourth-order valence-corrected chi connectivity index (χ4v) is 15.3. The average molecular weight is 699 g/mol. The van der Waals surface area contributed by atoms with Gasteiger partial charge in [0.1, 0.15) is 11.5 Å². The normalized spacial score (nSPS) is 12.0. The molecule has 0 aliphatic heterocycles. The van der Waals surface area contributed by atoms with E-state index < -0.39 is 22.8 Å². The third kappa shape index (κ3) is 11.1. The van der Waals surface area contributed by atoms with Crippen LogP contribution < -0.4 is 18.9 Å². The number of ether oxygens (including phenoxy) is 4. The van der Waals surface area contributed by atoms with Crippen molar-refractivity contribution in [2.75, 3.05) is 14.2 Å². The SMILES string of the molecule is COc1cc(CCC[Si](C)(C)O[Si](C)(C)CCCc2ccc(OC(=O)Oc3ccc(C(C)(C)c4ccccc4)cc3)c(OC)c2)ccc1C. The lowest BCUT2D eigenvalue weighted by Gasteiger charge is -2.34. The van der Waals surface area contributed by atoms with E-state index in [0.717, 1.165) is 54.6 Å². The van der Waals surface area contributed by atoms with Gasteiger partial charge in [0.25, 0.3) is 0 Å². The van der Waals surface area contributed by atoms with Gasteiger partial charge >= 0.3 is 6.16 Å².